The van der Waals surface area contributed by atoms with Gasteiger partial charge in [-0.15, -0.1) is 11.3 Å². The molecule has 0 unspecified atom stereocenters. The van der Waals surface area contributed by atoms with Gasteiger partial charge in [-0.2, -0.15) is 0 Å². The van der Waals surface area contributed by atoms with Crippen LogP contribution in [-0.2, 0) is 6.54 Å². The fraction of sp³-hybridized carbons (Fsp3) is 0.267. The second-order valence-electron chi connectivity index (χ2n) is 4.98. The summed E-state index contributed by atoms with van der Waals surface area (Å²) in [5, 5.41) is 8.27. The first kappa shape index (κ1) is 13.0. The maximum absolute atomic E-state index is 11.8. The van der Waals surface area contributed by atoms with E-state index < -0.39 is 0 Å². The predicted octanol–water partition coefficient (Wildman–Crippen LogP) is 2.83. The summed E-state index contributed by atoms with van der Waals surface area (Å²) in [6.45, 7) is 0.705. The number of carbonyl (C=O) groups is 1. The van der Waals surface area contributed by atoms with E-state index in [9.17, 15) is 4.79 Å². The van der Waals surface area contributed by atoms with Gasteiger partial charge in [-0.3, -0.25) is 4.79 Å². The van der Waals surface area contributed by atoms with Crippen LogP contribution < -0.4 is 16.4 Å². The fourth-order valence-corrected chi connectivity index (χ4v) is 2.65. The van der Waals surface area contributed by atoms with Gasteiger partial charge >= 0.3 is 0 Å². The van der Waals surface area contributed by atoms with Crippen LogP contribution in [0.4, 0.5) is 11.4 Å². The number of carbonyl (C=O) groups excluding carboxylic acids is 1. The van der Waals surface area contributed by atoms with Crippen LogP contribution in [0, 0.1) is 0 Å². The maximum Gasteiger partial charge on any atom is 0.251 e. The molecule has 0 saturated heterocycles. The molecule has 0 bridgehead atoms. The summed E-state index contributed by atoms with van der Waals surface area (Å²) in [6.07, 6.45) is 2.21. The van der Waals surface area contributed by atoms with Gasteiger partial charge in [0.15, 0.2) is 0 Å². The Morgan fingerprint density at radius 3 is 2.60 bits per heavy atom. The predicted molar refractivity (Wildman–Crippen MR) is 83.0 cm³/mol. The average Bonchev–Trinajstić information content (AvgIpc) is 3.18. The monoisotopic (exact) mass is 287 g/mol. The minimum absolute atomic E-state index is 0.0153. The van der Waals surface area contributed by atoms with Crippen molar-refractivity contribution >= 4 is 28.6 Å². The average molecular weight is 287 g/mol. The van der Waals surface area contributed by atoms with Crippen molar-refractivity contribution in [2.45, 2.75) is 25.4 Å². The van der Waals surface area contributed by atoms with E-state index in [4.69, 9.17) is 5.73 Å². The molecule has 1 aromatic carbocycles. The van der Waals surface area contributed by atoms with Crippen LogP contribution in [0.3, 0.4) is 0 Å². The molecule has 4 nitrogen and oxygen atoms in total. The molecule has 4 N–H and O–H groups in total. The van der Waals surface area contributed by atoms with Crippen LogP contribution in [0.1, 0.15) is 28.1 Å². The maximum atomic E-state index is 11.8. The van der Waals surface area contributed by atoms with Gasteiger partial charge in [0, 0.05) is 27.9 Å². The van der Waals surface area contributed by atoms with E-state index in [0.29, 0.717) is 18.2 Å². The molecular formula is C15H17N3OS. The Balaban J connectivity index is 1.58. The Morgan fingerprint density at radius 2 is 2.00 bits per heavy atom. The van der Waals surface area contributed by atoms with E-state index in [1.54, 1.807) is 11.3 Å². The lowest BCUT2D eigenvalue weighted by Gasteiger charge is -2.07. The van der Waals surface area contributed by atoms with Gasteiger partial charge in [-0.1, -0.05) is 0 Å². The lowest BCUT2D eigenvalue weighted by Crippen LogP contribution is -2.25. The second kappa shape index (κ2) is 5.54. The first-order chi connectivity index (χ1) is 9.72. The van der Waals surface area contributed by atoms with Crippen molar-refractivity contribution in [2.75, 3.05) is 11.1 Å². The van der Waals surface area contributed by atoms with E-state index in [0.717, 1.165) is 29.1 Å². The van der Waals surface area contributed by atoms with E-state index in [-0.39, 0.29) is 5.91 Å². The summed E-state index contributed by atoms with van der Waals surface area (Å²) < 4.78 is 0. The Hall–Kier alpha value is -2.01. The van der Waals surface area contributed by atoms with E-state index in [2.05, 4.69) is 10.6 Å². The third-order valence-electron chi connectivity index (χ3n) is 3.29. The molecule has 20 heavy (non-hydrogen) atoms. The van der Waals surface area contributed by atoms with Crippen LogP contribution in [0.15, 0.2) is 35.7 Å². The molecule has 104 valence electrons. The third kappa shape index (κ3) is 3.11. The van der Waals surface area contributed by atoms with Crippen molar-refractivity contribution in [1.29, 1.82) is 0 Å². The zero-order valence-corrected chi connectivity index (χ0v) is 11.9. The summed E-state index contributed by atoms with van der Waals surface area (Å²) in [5.41, 5.74) is 8.35. The van der Waals surface area contributed by atoms with Crippen molar-refractivity contribution < 1.29 is 4.79 Å². The number of hydrogen-bond acceptors (Lipinski definition) is 4. The Kier molecular flexibility index (Phi) is 3.60. The van der Waals surface area contributed by atoms with Gasteiger partial charge < -0.3 is 16.4 Å². The molecule has 0 radical (unpaired) electrons. The number of thiophene rings is 1. The largest absolute Gasteiger partial charge is 0.398 e. The van der Waals surface area contributed by atoms with Crippen molar-refractivity contribution in [3.63, 3.8) is 0 Å². The standard InChI is InChI=1S/C15H17N3OS/c16-13-7-8-20-14(13)9-17-11-3-1-10(2-4-11)15(19)18-12-5-6-12/h1-4,7-8,12,17H,5-6,9,16H2,(H,18,19). The van der Waals surface area contributed by atoms with Crippen LogP contribution in [0.5, 0.6) is 0 Å². The summed E-state index contributed by atoms with van der Waals surface area (Å²) in [4.78, 5) is 13.0. The molecule has 1 amide bonds. The molecule has 1 fully saturated rings. The van der Waals surface area contributed by atoms with Crippen LogP contribution >= 0.6 is 11.3 Å². The zero-order chi connectivity index (χ0) is 13.9. The minimum Gasteiger partial charge on any atom is -0.398 e. The van der Waals surface area contributed by atoms with Gasteiger partial charge in [0.25, 0.3) is 5.91 Å². The molecule has 1 aliphatic rings. The van der Waals surface area contributed by atoms with Crippen molar-refractivity contribution in [1.82, 2.24) is 5.32 Å². The Labute approximate surface area is 122 Å². The third-order valence-corrected chi connectivity index (χ3v) is 4.23. The summed E-state index contributed by atoms with van der Waals surface area (Å²) in [5.74, 6) is 0.0153. The molecule has 5 heteroatoms. The second-order valence-corrected chi connectivity index (χ2v) is 5.98. The first-order valence-corrected chi connectivity index (χ1v) is 7.57. The molecule has 0 spiro atoms. The summed E-state index contributed by atoms with van der Waals surface area (Å²) in [7, 11) is 0. The van der Waals surface area contributed by atoms with E-state index in [1.165, 1.54) is 0 Å². The smallest absolute Gasteiger partial charge is 0.251 e. The highest BCUT2D eigenvalue weighted by Crippen LogP contribution is 2.21. The lowest BCUT2D eigenvalue weighted by atomic mass is 10.2. The van der Waals surface area contributed by atoms with Crippen molar-refractivity contribution in [2.24, 2.45) is 0 Å². The number of anilines is 2. The first-order valence-electron chi connectivity index (χ1n) is 6.69. The number of hydrogen-bond donors (Lipinski definition) is 3. The topological polar surface area (TPSA) is 67.1 Å². The molecule has 0 aliphatic heterocycles. The Morgan fingerprint density at radius 1 is 1.25 bits per heavy atom. The molecule has 1 aromatic heterocycles. The number of benzene rings is 1. The van der Waals surface area contributed by atoms with E-state index in [1.807, 2.05) is 35.7 Å². The normalized spacial score (nSPS) is 14.0. The highest BCUT2D eigenvalue weighted by atomic mass is 32.1. The van der Waals surface area contributed by atoms with Crippen LogP contribution in [0.25, 0.3) is 0 Å². The molecule has 0 atom stereocenters. The number of nitrogens with one attached hydrogen (secondary N) is 2. The molecule has 1 saturated carbocycles. The lowest BCUT2D eigenvalue weighted by molar-refractivity contribution is 0.0951. The molecule has 1 aliphatic carbocycles. The molecule has 3 rings (SSSR count). The number of nitrogens with two attached hydrogens (primary N) is 1. The van der Waals surface area contributed by atoms with Crippen LogP contribution in [0.2, 0.25) is 0 Å². The number of nitrogen functional groups attached to an aromatic ring is 1. The zero-order valence-electron chi connectivity index (χ0n) is 11.1. The SMILES string of the molecule is Nc1ccsc1CNc1ccc(C(=O)NC2CC2)cc1. The van der Waals surface area contributed by atoms with Crippen LogP contribution in [-0.4, -0.2) is 11.9 Å². The number of amides is 1. The van der Waals surface area contributed by atoms with Gasteiger partial charge in [0.05, 0.1) is 6.54 Å². The van der Waals surface area contributed by atoms with Gasteiger partial charge in [0.1, 0.15) is 0 Å². The number of rotatable bonds is 5. The van der Waals surface area contributed by atoms with Crippen molar-refractivity contribution in [3.8, 4) is 0 Å². The van der Waals surface area contributed by atoms with Gasteiger partial charge in [0.2, 0.25) is 0 Å². The molecule has 2 aromatic rings. The highest BCUT2D eigenvalue weighted by Gasteiger charge is 2.23. The minimum atomic E-state index is 0.0153. The van der Waals surface area contributed by atoms with E-state index >= 15 is 0 Å². The fourth-order valence-electron chi connectivity index (χ4n) is 1.91. The Bertz CT molecular complexity index is 602. The van der Waals surface area contributed by atoms with Gasteiger partial charge in [-0.25, -0.2) is 0 Å². The summed E-state index contributed by atoms with van der Waals surface area (Å²) in [6, 6.07) is 9.84. The molecule has 1 heterocycles. The summed E-state index contributed by atoms with van der Waals surface area (Å²) >= 11 is 1.64. The highest BCUT2D eigenvalue weighted by molar-refractivity contribution is 7.10. The molecular weight excluding hydrogens is 270 g/mol. The quantitative estimate of drug-likeness (QED) is 0.792. The van der Waals surface area contributed by atoms with Gasteiger partial charge in [-0.05, 0) is 48.6 Å². The van der Waals surface area contributed by atoms with Crippen molar-refractivity contribution in [3.05, 3.63) is 46.2 Å².